The Morgan fingerprint density at radius 2 is 1.69 bits per heavy atom. The lowest BCUT2D eigenvalue weighted by Crippen LogP contribution is -2.05. The van der Waals surface area contributed by atoms with Crippen molar-refractivity contribution in [1.29, 1.82) is 0 Å². The number of nitrogen functional groups attached to an aromatic ring is 1. The van der Waals surface area contributed by atoms with Crippen LogP contribution in [-0.4, -0.2) is 39.5 Å². The fraction of sp³-hybridized carbons (Fsp3) is 0.154. The first-order valence-corrected chi connectivity index (χ1v) is 11.1. The normalized spacial score (nSPS) is 12.4. The first kappa shape index (κ1) is 20.9. The molecule has 0 aliphatic carbocycles. The van der Waals surface area contributed by atoms with Crippen molar-refractivity contribution in [2.75, 3.05) is 19.6 Å². The first-order valence-electron chi connectivity index (χ1n) is 11.1. The van der Waals surface area contributed by atoms with Gasteiger partial charge in [-0.15, -0.1) is 5.10 Å². The van der Waals surface area contributed by atoms with Crippen LogP contribution in [0.15, 0.2) is 60.7 Å². The van der Waals surface area contributed by atoms with Crippen LogP contribution in [0.1, 0.15) is 32.9 Å². The molecule has 1 aliphatic rings. The van der Waals surface area contributed by atoms with E-state index in [1.54, 1.807) is 16.6 Å². The predicted octanol–water partition coefficient (Wildman–Crippen LogP) is 3.56. The molecule has 0 unspecified atom stereocenters. The van der Waals surface area contributed by atoms with Gasteiger partial charge in [0.2, 0.25) is 12.7 Å². The third kappa shape index (κ3) is 3.86. The Balaban J connectivity index is 1.36. The Morgan fingerprint density at radius 1 is 0.943 bits per heavy atom. The van der Waals surface area contributed by atoms with E-state index < -0.39 is 0 Å². The number of methoxy groups -OCH3 is 1. The van der Waals surface area contributed by atoms with Crippen LogP contribution in [0, 0.1) is 0 Å². The van der Waals surface area contributed by atoms with Crippen molar-refractivity contribution in [3.63, 3.8) is 0 Å². The van der Waals surface area contributed by atoms with Crippen molar-refractivity contribution in [2.24, 2.45) is 0 Å². The van der Waals surface area contributed by atoms with Crippen molar-refractivity contribution in [3.8, 4) is 11.5 Å². The number of hydrogen-bond acceptors (Lipinski definition) is 8. The molecule has 35 heavy (non-hydrogen) atoms. The van der Waals surface area contributed by atoms with Gasteiger partial charge in [-0.25, -0.2) is 9.78 Å². The topological polar surface area (TPSA) is 114 Å². The molecule has 0 spiro atoms. The number of carbonyl (C=O) groups is 1. The smallest absolute Gasteiger partial charge is 0.337 e. The van der Waals surface area contributed by atoms with Crippen molar-refractivity contribution < 1.29 is 19.0 Å². The fourth-order valence-electron chi connectivity index (χ4n) is 4.30. The summed E-state index contributed by atoms with van der Waals surface area (Å²) in [5.41, 5.74) is 11.1. The van der Waals surface area contributed by atoms with Crippen LogP contribution < -0.4 is 15.2 Å². The molecule has 9 heteroatoms. The summed E-state index contributed by atoms with van der Waals surface area (Å²) >= 11 is 0. The lowest BCUT2D eigenvalue weighted by molar-refractivity contribution is 0.0600. The van der Waals surface area contributed by atoms with Gasteiger partial charge in [0.25, 0.3) is 0 Å². The monoisotopic (exact) mass is 467 g/mol. The zero-order valence-corrected chi connectivity index (χ0v) is 18.9. The van der Waals surface area contributed by atoms with Crippen LogP contribution in [0.5, 0.6) is 11.5 Å². The summed E-state index contributed by atoms with van der Waals surface area (Å²) in [5.74, 6) is 2.02. The van der Waals surface area contributed by atoms with Gasteiger partial charge >= 0.3 is 5.97 Å². The Bertz CT molecular complexity index is 1590. The molecule has 2 aromatic heterocycles. The molecule has 174 valence electrons. The Labute approximate surface area is 200 Å². The number of ether oxygens (including phenoxy) is 3. The van der Waals surface area contributed by atoms with Crippen molar-refractivity contribution in [2.45, 2.75) is 12.8 Å². The van der Waals surface area contributed by atoms with Gasteiger partial charge in [0, 0.05) is 11.8 Å². The van der Waals surface area contributed by atoms with Gasteiger partial charge in [-0.3, -0.25) is 0 Å². The van der Waals surface area contributed by atoms with E-state index in [0.717, 1.165) is 44.9 Å². The van der Waals surface area contributed by atoms with Gasteiger partial charge in [0.05, 0.1) is 18.2 Å². The van der Waals surface area contributed by atoms with Gasteiger partial charge in [0.1, 0.15) is 5.82 Å². The second kappa shape index (κ2) is 8.28. The van der Waals surface area contributed by atoms with E-state index in [9.17, 15) is 4.79 Å². The summed E-state index contributed by atoms with van der Waals surface area (Å²) in [6.07, 6.45) is 1.21. The number of aromatic nitrogens is 4. The number of nitrogens with two attached hydrogens (primary N) is 1. The number of nitrogens with zero attached hydrogens (tertiary/aromatic N) is 4. The third-order valence-electron chi connectivity index (χ3n) is 6.00. The highest BCUT2D eigenvalue weighted by Gasteiger charge is 2.17. The first-order chi connectivity index (χ1) is 17.1. The molecule has 0 saturated carbocycles. The SMILES string of the molecule is COC(=O)c1ccc(Cc2ccc3c(c2)nc(Cc2ccc4c(c2)OCO4)n2nc(N)nc32)cc1. The molecule has 1 aliphatic heterocycles. The molecule has 0 saturated heterocycles. The van der Waals surface area contributed by atoms with E-state index in [-0.39, 0.29) is 18.7 Å². The lowest BCUT2D eigenvalue weighted by atomic mass is 10.0. The summed E-state index contributed by atoms with van der Waals surface area (Å²) in [6.45, 7) is 0.227. The van der Waals surface area contributed by atoms with E-state index in [1.807, 2.05) is 42.5 Å². The highest BCUT2D eigenvalue weighted by atomic mass is 16.7. The average Bonchev–Trinajstić information content (AvgIpc) is 3.50. The highest BCUT2D eigenvalue weighted by Crippen LogP contribution is 2.33. The van der Waals surface area contributed by atoms with Gasteiger partial charge in [-0.2, -0.15) is 9.50 Å². The molecular weight excluding hydrogens is 446 g/mol. The zero-order chi connectivity index (χ0) is 23.9. The van der Waals surface area contributed by atoms with Crippen LogP contribution in [0.25, 0.3) is 16.6 Å². The third-order valence-corrected chi connectivity index (χ3v) is 6.00. The minimum atomic E-state index is -0.349. The van der Waals surface area contributed by atoms with Gasteiger partial charge in [-0.1, -0.05) is 24.3 Å². The Kier molecular flexibility index (Phi) is 4.95. The van der Waals surface area contributed by atoms with E-state index in [2.05, 4.69) is 16.1 Å². The average molecular weight is 467 g/mol. The summed E-state index contributed by atoms with van der Waals surface area (Å²) in [7, 11) is 1.37. The number of rotatable bonds is 5. The molecule has 0 fully saturated rings. The maximum Gasteiger partial charge on any atom is 0.337 e. The van der Waals surface area contributed by atoms with Crippen LogP contribution in [0.4, 0.5) is 5.95 Å². The molecule has 0 amide bonds. The number of benzene rings is 3. The fourth-order valence-corrected chi connectivity index (χ4v) is 4.30. The standard InChI is InChI=1S/C26H21N5O4/c1-33-25(32)18-6-2-15(3-7-18)10-16-4-8-19-20(11-16)28-23(31-24(19)29-26(27)30-31)13-17-5-9-21-22(12-17)35-14-34-21/h2-9,11-12H,10,13-14H2,1H3,(H2,27,30). The molecular formula is C26H21N5O4. The Morgan fingerprint density at radius 3 is 2.51 bits per heavy atom. The molecule has 9 nitrogen and oxygen atoms in total. The molecule has 5 aromatic rings. The van der Waals surface area contributed by atoms with Crippen LogP contribution in [0.3, 0.4) is 0 Å². The second-order valence-electron chi connectivity index (χ2n) is 8.31. The summed E-state index contributed by atoms with van der Waals surface area (Å²) < 4.78 is 17.4. The van der Waals surface area contributed by atoms with E-state index >= 15 is 0 Å². The molecule has 6 rings (SSSR count). The number of anilines is 1. The molecule has 0 bridgehead atoms. The predicted molar refractivity (Wildman–Crippen MR) is 129 cm³/mol. The Hall–Kier alpha value is -4.66. The van der Waals surface area contributed by atoms with Crippen molar-refractivity contribution in [3.05, 3.63) is 88.7 Å². The van der Waals surface area contributed by atoms with E-state index in [4.69, 9.17) is 24.9 Å². The number of hydrogen-bond donors (Lipinski definition) is 1. The summed E-state index contributed by atoms with van der Waals surface area (Å²) in [4.78, 5) is 21.1. The number of carbonyl (C=O) groups excluding carboxylic acids is 1. The minimum Gasteiger partial charge on any atom is -0.465 e. The molecule has 0 radical (unpaired) electrons. The zero-order valence-electron chi connectivity index (χ0n) is 18.9. The molecule has 3 aromatic carbocycles. The number of fused-ring (bicyclic) bond motifs is 4. The molecule has 3 heterocycles. The highest BCUT2D eigenvalue weighted by molar-refractivity contribution is 5.92. The van der Waals surface area contributed by atoms with Crippen LogP contribution in [-0.2, 0) is 17.6 Å². The van der Waals surface area contributed by atoms with Crippen LogP contribution >= 0.6 is 0 Å². The minimum absolute atomic E-state index is 0.195. The number of esters is 1. The summed E-state index contributed by atoms with van der Waals surface area (Å²) in [6, 6.07) is 19.3. The molecule has 2 N–H and O–H groups in total. The summed E-state index contributed by atoms with van der Waals surface area (Å²) in [5, 5.41) is 5.25. The largest absolute Gasteiger partial charge is 0.465 e. The second-order valence-corrected chi connectivity index (χ2v) is 8.31. The van der Waals surface area contributed by atoms with E-state index in [1.165, 1.54) is 7.11 Å². The van der Waals surface area contributed by atoms with Gasteiger partial charge < -0.3 is 19.9 Å². The van der Waals surface area contributed by atoms with Crippen molar-refractivity contribution in [1.82, 2.24) is 19.6 Å². The van der Waals surface area contributed by atoms with Gasteiger partial charge in [-0.05, 0) is 59.5 Å². The quantitative estimate of drug-likeness (QED) is 0.390. The van der Waals surface area contributed by atoms with Crippen molar-refractivity contribution >= 4 is 28.5 Å². The molecule has 0 atom stereocenters. The van der Waals surface area contributed by atoms with Crippen LogP contribution in [0.2, 0.25) is 0 Å². The van der Waals surface area contributed by atoms with Gasteiger partial charge in [0.15, 0.2) is 17.1 Å². The lowest BCUT2D eigenvalue weighted by Gasteiger charge is -2.09. The maximum absolute atomic E-state index is 11.7. The maximum atomic E-state index is 11.7. The van der Waals surface area contributed by atoms with E-state index in [0.29, 0.717) is 24.1 Å².